The van der Waals surface area contributed by atoms with Gasteiger partial charge in [-0.1, -0.05) is 23.7 Å². The molecule has 0 spiro atoms. The molecule has 96 valence electrons. The van der Waals surface area contributed by atoms with E-state index < -0.39 is 6.10 Å². The highest BCUT2D eigenvalue weighted by Crippen LogP contribution is 2.22. The van der Waals surface area contributed by atoms with E-state index in [2.05, 4.69) is 13.8 Å². The van der Waals surface area contributed by atoms with E-state index in [-0.39, 0.29) is 6.61 Å². The van der Waals surface area contributed by atoms with Crippen LogP contribution in [0.5, 0.6) is 5.75 Å². The third kappa shape index (κ3) is 4.94. The fourth-order valence-corrected chi connectivity index (χ4v) is 1.87. The van der Waals surface area contributed by atoms with E-state index in [9.17, 15) is 5.11 Å². The molecule has 1 aromatic carbocycles. The summed E-state index contributed by atoms with van der Waals surface area (Å²) in [5.74, 6) is 0.628. The Kier molecular flexibility index (Phi) is 6.34. The first-order chi connectivity index (χ1) is 8.17. The summed E-state index contributed by atoms with van der Waals surface area (Å²) in [5.41, 5.74) is 0. The second kappa shape index (κ2) is 7.54. The van der Waals surface area contributed by atoms with E-state index in [1.165, 1.54) is 4.90 Å². The lowest BCUT2D eigenvalue weighted by Gasteiger charge is -2.19. The molecule has 1 atom stereocenters. The molecule has 0 saturated carbocycles. The van der Waals surface area contributed by atoms with Crippen molar-refractivity contribution in [1.29, 1.82) is 0 Å². The Labute approximate surface area is 108 Å². The lowest BCUT2D eigenvalue weighted by atomic mass is 10.3. The summed E-state index contributed by atoms with van der Waals surface area (Å²) < 4.78 is 5.49. The number of aliphatic hydroxyl groups excluding tert-OH is 1. The van der Waals surface area contributed by atoms with Crippen molar-refractivity contribution in [2.45, 2.75) is 20.0 Å². The second-order valence-electron chi connectivity index (χ2n) is 4.06. The van der Waals surface area contributed by atoms with Crippen molar-refractivity contribution >= 4 is 11.6 Å². The second-order valence-corrected chi connectivity index (χ2v) is 4.46. The number of halogens is 1. The van der Waals surface area contributed by atoms with Crippen LogP contribution >= 0.6 is 11.6 Å². The van der Waals surface area contributed by atoms with Gasteiger partial charge >= 0.3 is 0 Å². The monoisotopic (exact) mass is 258 g/mol. The number of ether oxygens (including phenoxy) is 1. The van der Waals surface area contributed by atoms with Gasteiger partial charge in [-0.3, -0.25) is 0 Å². The maximum absolute atomic E-state index is 9.85. The highest BCUT2D eigenvalue weighted by atomic mass is 35.5. The number of rotatable bonds is 7. The van der Waals surface area contributed by atoms with Crippen LogP contribution in [0.15, 0.2) is 24.3 Å². The number of benzene rings is 1. The summed E-state index contributed by atoms with van der Waals surface area (Å²) >= 11 is 5.96. The van der Waals surface area contributed by atoms with Crippen LogP contribution in [0.25, 0.3) is 0 Å². The van der Waals surface area contributed by atoms with Crippen molar-refractivity contribution in [3.8, 4) is 5.75 Å². The maximum atomic E-state index is 9.85. The Bertz CT molecular complexity index is 329. The molecule has 0 saturated heterocycles. The molecule has 0 amide bonds. The van der Waals surface area contributed by atoms with E-state index in [1.807, 2.05) is 12.1 Å². The van der Waals surface area contributed by atoms with Gasteiger partial charge in [0.15, 0.2) is 0 Å². The molecule has 3 nitrogen and oxygen atoms in total. The van der Waals surface area contributed by atoms with Crippen molar-refractivity contribution in [3.63, 3.8) is 0 Å². The van der Waals surface area contributed by atoms with Crippen LogP contribution in [0.3, 0.4) is 0 Å². The first kappa shape index (κ1) is 14.3. The molecule has 0 aliphatic carbocycles. The minimum atomic E-state index is -0.457. The summed E-state index contributed by atoms with van der Waals surface area (Å²) in [7, 11) is 0. The molecule has 0 radical (unpaired) electrons. The van der Waals surface area contributed by atoms with Gasteiger partial charge in [0.2, 0.25) is 0 Å². The van der Waals surface area contributed by atoms with E-state index >= 15 is 0 Å². The zero-order valence-corrected chi connectivity index (χ0v) is 11.2. The first-order valence-corrected chi connectivity index (χ1v) is 6.44. The van der Waals surface area contributed by atoms with Crippen LogP contribution in [0.2, 0.25) is 5.02 Å². The van der Waals surface area contributed by atoms with Crippen molar-refractivity contribution in [3.05, 3.63) is 29.3 Å². The third-order valence-electron chi connectivity index (χ3n) is 2.79. The summed E-state index contributed by atoms with van der Waals surface area (Å²) in [5, 5.41) is 10.4. The molecule has 17 heavy (non-hydrogen) atoms. The predicted octanol–water partition coefficient (Wildman–Crippen LogP) is 1.00. The van der Waals surface area contributed by atoms with Crippen LogP contribution in [-0.2, 0) is 0 Å². The molecule has 1 aromatic rings. The van der Waals surface area contributed by atoms with Gasteiger partial charge in [-0.25, -0.2) is 0 Å². The topological polar surface area (TPSA) is 33.9 Å². The fourth-order valence-electron chi connectivity index (χ4n) is 1.68. The minimum absolute atomic E-state index is 0.285. The fraction of sp³-hybridized carbons (Fsp3) is 0.538. The Hall–Kier alpha value is -0.770. The van der Waals surface area contributed by atoms with Crippen LogP contribution in [0, 0.1) is 0 Å². The van der Waals surface area contributed by atoms with Gasteiger partial charge < -0.3 is 14.7 Å². The lowest BCUT2D eigenvalue weighted by molar-refractivity contribution is -0.899. The number of aliphatic hydroxyl groups is 1. The predicted molar refractivity (Wildman–Crippen MR) is 69.9 cm³/mol. The SMILES string of the molecule is CC[NH+](CC)C[C@H](O)COc1ccccc1Cl. The van der Waals surface area contributed by atoms with E-state index in [0.29, 0.717) is 17.3 Å². The van der Waals surface area contributed by atoms with Crippen LogP contribution in [-0.4, -0.2) is 37.5 Å². The molecule has 2 N–H and O–H groups in total. The molecular weight excluding hydrogens is 238 g/mol. The number of hydrogen-bond acceptors (Lipinski definition) is 2. The van der Waals surface area contributed by atoms with E-state index in [0.717, 1.165) is 13.1 Å². The zero-order valence-electron chi connectivity index (χ0n) is 10.4. The van der Waals surface area contributed by atoms with Crippen molar-refractivity contribution < 1.29 is 14.7 Å². The average Bonchev–Trinajstić information content (AvgIpc) is 2.35. The molecule has 0 aliphatic rings. The first-order valence-electron chi connectivity index (χ1n) is 6.06. The Morgan fingerprint density at radius 1 is 1.29 bits per heavy atom. The highest BCUT2D eigenvalue weighted by Gasteiger charge is 2.13. The third-order valence-corrected chi connectivity index (χ3v) is 3.10. The molecule has 0 unspecified atom stereocenters. The summed E-state index contributed by atoms with van der Waals surface area (Å²) in [6, 6.07) is 7.30. The molecule has 0 bridgehead atoms. The van der Waals surface area contributed by atoms with Gasteiger partial charge in [0.05, 0.1) is 18.1 Å². The molecule has 0 heterocycles. The van der Waals surface area contributed by atoms with Gasteiger partial charge in [0.1, 0.15) is 25.0 Å². The minimum Gasteiger partial charge on any atom is -0.489 e. The summed E-state index contributed by atoms with van der Waals surface area (Å²) in [6.45, 7) is 7.24. The molecule has 0 aliphatic heterocycles. The van der Waals surface area contributed by atoms with Gasteiger partial charge in [-0.2, -0.15) is 0 Å². The van der Waals surface area contributed by atoms with Crippen LogP contribution in [0.4, 0.5) is 0 Å². The molecule has 0 fully saturated rings. The molecule has 4 heteroatoms. The summed E-state index contributed by atoms with van der Waals surface area (Å²) in [6.07, 6.45) is -0.457. The molecular formula is C13H21ClNO2+. The van der Waals surface area contributed by atoms with Gasteiger partial charge in [-0.05, 0) is 26.0 Å². The quantitative estimate of drug-likeness (QED) is 0.765. The van der Waals surface area contributed by atoms with Gasteiger partial charge in [0, 0.05) is 0 Å². The zero-order chi connectivity index (χ0) is 12.7. The number of likely N-dealkylation sites (N-methyl/N-ethyl adjacent to an activating group) is 1. The van der Waals surface area contributed by atoms with E-state index in [1.54, 1.807) is 12.1 Å². The van der Waals surface area contributed by atoms with Crippen molar-refractivity contribution in [2.24, 2.45) is 0 Å². The lowest BCUT2D eigenvalue weighted by Crippen LogP contribution is -3.12. The Morgan fingerprint density at radius 3 is 2.53 bits per heavy atom. The van der Waals surface area contributed by atoms with Gasteiger partial charge in [0.25, 0.3) is 0 Å². The number of para-hydroxylation sites is 1. The van der Waals surface area contributed by atoms with Crippen molar-refractivity contribution in [1.82, 2.24) is 0 Å². The smallest absolute Gasteiger partial charge is 0.138 e. The number of hydrogen-bond donors (Lipinski definition) is 2. The normalized spacial score (nSPS) is 12.8. The van der Waals surface area contributed by atoms with Gasteiger partial charge in [-0.15, -0.1) is 0 Å². The maximum Gasteiger partial charge on any atom is 0.138 e. The molecule has 1 rings (SSSR count). The average molecular weight is 259 g/mol. The van der Waals surface area contributed by atoms with E-state index in [4.69, 9.17) is 16.3 Å². The van der Waals surface area contributed by atoms with Crippen molar-refractivity contribution in [2.75, 3.05) is 26.2 Å². The Balaban J connectivity index is 2.38. The number of nitrogens with one attached hydrogen (secondary N) is 1. The highest BCUT2D eigenvalue weighted by molar-refractivity contribution is 6.32. The molecule has 0 aromatic heterocycles. The number of quaternary nitrogens is 1. The van der Waals surface area contributed by atoms with Crippen LogP contribution < -0.4 is 9.64 Å². The standard InChI is InChI=1S/C13H20ClNO2/c1-3-15(4-2)9-11(16)10-17-13-8-6-5-7-12(13)14/h5-8,11,16H,3-4,9-10H2,1-2H3/p+1/t11-/m0/s1. The Morgan fingerprint density at radius 2 is 1.94 bits per heavy atom. The summed E-state index contributed by atoms with van der Waals surface area (Å²) in [4.78, 5) is 1.36. The largest absolute Gasteiger partial charge is 0.489 e. The van der Waals surface area contributed by atoms with Crippen LogP contribution in [0.1, 0.15) is 13.8 Å².